The van der Waals surface area contributed by atoms with Crippen LogP contribution in [0, 0.1) is 0 Å². The second-order valence-corrected chi connectivity index (χ2v) is 4.85. The van der Waals surface area contributed by atoms with Crippen molar-refractivity contribution in [3.05, 3.63) is 30.5 Å². The van der Waals surface area contributed by atoms with Gasteiger partial charge in [0.25, 0.3) is 0 Å². The molecule has 2 aromatic rings. The third-order valence-corrected chi connectivity index (χ3v) is 3.23. The number of nitrogens with two attached hydrogens (primary N) is 1. The molecule has 0 radical (unpaired) electrons. The molecular weight excluding hydrogens is 250 g/mol. The van der Waals surface area contributed by atoms with Crippen LogP contribution in [0.3, 0.4) is 0 Å². The smallest absolute Gasteiger partial charge is 0.0951 e. The largest absolute Gasteiger partial charge is 0.397 e. The lowest BCUT2D eigenvalue weighted by Crippen LogP contribution is -2.07. The lowest BCUT2D eigenvalue weighted by atomic mass is 10.1. The van der Waals surface area contributed by atoms with Crippen molar-refractivity contribution in [2.75, 3.05) is 30.8 Å². The van der Waals surface area contributed by atoms with E-state index in [-0.39, 0.29) is 0 Å². The number of aromatic nitrogens is 1. The molecule has 20 heavy (non-hydrogen) atoms. The number of ether oxygens (including phenoxy) is 1. The summed E-state index contributed by atoms with van der Waals surface area (Å²) in [6, 6.07) is 7.86. The average Bonchev–Trinajstić information content (AvgIpc) is 2.47. The summed E-state index contributed by atoms with van der Waals surface area (Å²) in [6.45, 7) is 4.73. The number of nitrogens with zero attached hydrogens (tertiary/aromatic N) is 1. The lowest BCUT2D eigenvalue weighted by Gasteiger charge is -2.10. The first-order valence-corrected chi connectivity index (χ1v) is 7.27. The number of hydrogen-bond donors (Lipinski definition) is 2. The van der Waals surface area contributed by atoms with Gasteiger partial charge in [-0.1, -0.05) is 25.5 Å². The monoisotopic (exact) mass is 273 g/mol. The summed E-state index contributed by atoms with van der Waals surface area (Å²) in [4.78, 5) is 4.33. The first-order valence-electron chi connectivity index (χ1n) is 7.27. The van der Waals surface area contributed by atoms with E-state index in [9.17, 15) is 0 Å². The number of para-hydroxylation sites is 1. The van der Waals surface area contributed by atoms with E-state index in [2.05, 4.69) is 17.2 Å². The molecule has 0 saturated carbocycles. The van der Waals surface area contributed by atoms with Gasteiger partial charge in [-0.25, -0.2) is 0 Å². The van der Waals surface area contributed by atoms with Crippen molar-refractivity contribution in [1.82, 2.24) is 4.98 Å². The molecule has 3 N–H and O–H groups in total. The maximum Gasteiger partial charge on any atom is 0.0951 e. The fraction of sp³-hybridized carbons (Fsp3) is 0.438. The predicted molar refractivity (Wildman–Crippen MR) is 85.0 cm³/mol. The zero-order valence-corrected chi connectivity index (χ0v) is 12.1. The molecule has 0 aliphatic heterocycles. The normalized spacial score (nSPS) is 10.8. The highest BCUT2D eigenvalue weighted by atomic mass is 16.5. The van der Waals surface area contributed by atoms with E-state index >= 15 is 0 Å². The van der Waals surface area contributed by atoms with Crippen LogP contribution in [0.5, 0.6) is 0 Å². The van der Waals surface area contributed by atoms with E-state index in [0.717, 1.165) is 49.2 Å². The third-order valence-electron chi connectivity index (χ3n) is 3.23. The predicted octanol–water partition coefficient (Wildman–Crippen LogP) is 3.44. The Morgan fingerprint density at radius 2 is 2.05 bits per heavy atom. The Kier molecular flexibility index (Phi) is 5.62. The van der Waals surface area contributed by atoms with Crippen molar-refractivity contribution in [2.45, 2.75) is 26.2 Å². The van der Waals surface area contributed by atoms with Gasteiger partial charge in [-0.3, -0.25) is 4.98 Å². The molecule has 0 amide bonds. The highest BCUT2D eigenvalue weighted by Crippen LogP contribution is 2.25. The van der Waals surface area contributed by atoms with Crippen molar-refractivity contribution in [1.29, 1.82) is 0 Å². The zero-order valence-electron chi connectivity index (χ0n) is 12.1. The van der Waals surface area contributed by atoms with Crippen LogP contribution in [-0.2, 0) is 4.74 Å². The number of pyridine rings is 1. The molecule has 0 bridgehead atoms. The van der Waals surface area contributed by atoms with Gasteiger partial charge in [0.15, 0.2) is 0 Å². The van der Waals surface area contributed by atoms with Crippen LogP contribution in [-0.4, -0.2) is 24.7 Å². The van der Waals surface area contributed by atoms with Gasteiger partial charge in [-0.2, -0.15) is 0 Å². The Labute approximate surface area is 120 Å². The molecule has 0 atom stereocenters. The Morgan fingerprint density at radius 1 is 1.20 bits per heavy atom. The van der Waals surface area contributed by atoms with Crippen molar-refractivity contribution in [3.63, 3.8) is 0 Å². The summed E-state index contributed by atoms with van der Waals surface area (Å²) < 4.78 is 5.55. The van der Waals surface area contributed by atoms with Crippen molar-refractivity contribution < 1.29 is 4.74 Å². The Hall–Kier alpha value is -1.81. The average molecular weight is 273 g/mol. The number of nitrogens with one attached hydrogen (secondary N) is 1. The summed E-state index contributed by atoms with van der Waals surface area (Å²) in [6.07, 6.45) is 5.11. The topological polar surface area (TPSA) is 60.2 Å². The number of hydrogen-bond acceptors (Lipinski definition) is 4. The molecule has 1 heterocycles. The Balaban J connectivity index is 1.86. The number of unbranched alkanes of at least 4 members (excludes halogenated alkanes) is 1. The van der Waals surface area contributed by atoms with Gasteiger partial charge in [0.05, 0.1) is 11.2 Å². The minimum Gasteiger partial charge on any atom is -0.397 e. The number of benzene rings is 1. The van der Waals surface area contributed by atoms with E-state index in [1.54, 1.807) is 6.20 Å². The van der Waals surface area contributed by atoms with Gasteiger partial charge in [0.1, 0.15) is 0 Å². The maximum absolute atomic E-state index is 5.94. The van der Waals surface area contributed by atoms with Crippen molar-refractivity contribution >= 4 is 22.3 Å². The second-order valence-electron chi connectivity index (χ2n) is 4.85. The number of anilines is 2. The van der Waals surface area contributed by atoms with Gasteiger partial charge in [-0.05, 0) is 25.0 Å². The molecule has 0 unspecified atom stereocenters. The quantitative estimate of drug-likeness (QED) is 0.571. The molecule has 108 valence electrons. The van der Waals surface area contributed by atoms with Crippen LogP contribution in [0.2, 0.25) is 0 Å². The summed E-state index contributed by atoms with van der Waals surface area (Å²) in [5, 5.41) is 4.50. The molecule has 0 spiro atoms. The van der Waals surface area contributed by atoms with Crippen LogP contribution in [0.15, 0.2) is 30.5 Å². The zero-order chi connectivity index (χ0) is 14.2. The fourth-order valence-corrected chi connectivity index (χ4v) is 2.10. The number of fused-ring (bicyclic) bond motifs is 1. The highest BCUT2D eigenvalue weighted by molar-refractivity contribution is 5.97. The second kappa shape index (κ2) is 7.70. The van der Waals surface area contributed by atoms with Gasteiger partial charge in [-0.15, -0.1) is 0 Å². The summed E-state index contributed by atoms with van der Waals surface area (Å²) >= 11 is 0. The third kappa shape index (κ3) is 3.84. The minimum atomic E-state index is 0.717. The summed E-state index contributed by atoms with van der Waals surface area (Å²) in [7, 11) is 0. The fourth-order valence-electron chi connectivity index (χ4n) is 2.10. The molecule has 0 saturated heterocycles. The Morgan fingerprint density at radius 3 is 2.90 bits per heavy atom. The summed E-state index contributed by atoms with van der Waals surface area (Å²) in [5.74, 6) is 0. The molecule has 4 nitrogen and oxygen atoms in total. The van der Waals surface area contributed by atoms with E-state index in [0.29, 0.717) is 5.69 Å². The van der Waals surface area contributed by atoms with Gasteiger partial charge >= 0.3 is 0 Å². The van der Waals surface area contributed by atoms with Crippen molar-refractivity contribution in [2.24, 2.45) is 0 Å². The van der Waals surface area contributed by atoms with E-state index in [1.807, 2.05) is 24.3 Å². The molecule has 4 heteroatoms. The lowest BCUT2D eigenvalue weighted by molar-refractivity contribution is 0.131. The molecule has 2 rings (SSSR count). The van der Waals surface area contributed by atoms with Gasteiger partial charge < -0.3 is 15.8 Å². The number of nitrogen functional groups attached to an aromatic ring is 1. The molecule has 1 aromatic heterocycles. The maximum atomic E-state index is 5.94. The minimum absolute atomic E-state index is 0.717. The number of rotatable bonds is 8. The summed E-state index contributed by atoms with van der Waals surface area (Å²) in [5.41, 5.74) is 8.59. The van der Waals surface area contributed by atoms with E-state index in [1.165, 1.54) is 6.42 Å². The Bertz CT molecular complexity index is 542. The van der Waals surface area contributed by atoms with Crippen LogP contribution < -0.4 is 11.1 Å². The van der Waals surface area contributed by atoms with Crippen molar-refractivity contribution in [3.8, 4) is 0 Å². The highest BCUT2D eigenvalue weighted by Gasteiger charge is 2.03. The van der Waals surface area contributed by atoms with Crippen LogP contribution in [0.4, 0.5) is 11.4 Å². The van der Waals surface area contributed by atoms with E-state index < -0.39 is 0 Å². The van der Waals surface area contributed by atoms with E-state index in [4.69, 9.17) is 10.5 Å². The van der Waals surface area contributed by atoms with Crippen LogP contribution in [0.25, 0.3) is 10.9 Å². The first-order chi connectivity index (χ1) is 9.83. The van der Waals surface area contributed by atoms with Gasteiger partial charge in [0.2, 0.25) is 0 Å². The first kappa shape index (κ1) is 14.6. The SMILES string of the molecule is CCCCOCCCNc1ccnc2c(N)cccc12. The molecular formula is C16H23N3O. The molecule has 0 aliphatic rings. The molecule has 0 fully saturated rings. The standard InChI is InChI=1S/C16H23N3O/c1-2-3-11-20-12-5-9-18-15-8-10-19-16-13(15)6-4-7-14(16)17/h4,6-8,10H,2-3,5,9,11-12,17H2,1H3,(H,18,19). The van der Waals surface area contributed by atoms with Gasteiger partial charge in [0, 0.05) is 37.0 Å². The molecule has 1 aromatic carbocycles. The van der Waals surface area contributed by atoms with Crippen LogP contribution >= 0.6 is 0 Å². The van der Waals surface area contributed by atoms with Crippen LogP contribution in [0.1, 0.15) is 26.2 Å². The molecule has 0 aliphatic carbocycles.